The van der Waals surface area contributed by atoms with Gasteiger partial charge in [-0.15, -0.1) is 0 Å². The number of aldehydes is 1. The van der Waals surface area contributed by atoms with Crippen molar-refractivity contribution in [2.24, 2.45) is 0 Å². The molecular formula is C19H16N4O3. The van der Waals surface area contributed by atoms with Crippen LogP contribution in [0.15, 0.2) is 42.9 Å². The van der Waals surface area contributed by atoms with Crippen LogP contribution in [0, 0.1) is 0 Å². The van der Waals surface area contributed by atoms with Crippen LogP contribution in [0.25, 0.3) is 22.2 Å². The van der Waals surface area contributed by atoms with Crippen molar-refractivity contribution in [3.63, 3.8) is 0 Å². The summed E-state index contributed by atoms with van der Waals surface area (Å²) in [7, 11) is 0. The molecule has 130 valence electrons. The molecule has 1 aliphatic heterocycles. The number of pyridine rings is 1. The Hall–Kier alpha value is -3.19. The number of carbonyl (C=O) groups is 2. The number of morpholine rings is 1. The standard InChI is InChI=1S/C19H16N4O3/c24-12-14-10-16(18-11-20-3-4-21-18)15-9-13(1-2-17(15)22-14)19(25)23-5-7-26-8-6-23/h1-4,9-12H,5-8H2. The van der Waals surface area contributed by atoms with Gasteiger partial charge in [-0.1, -0.05) is 0 Å². The third-order valence-electron chi connectivity index (χ3n) is 4.33. The second kappa shape index (κ2) is 6.97. The van der Waals surface area contributed by atoms with Crippen LogP contribution in [0.5, 0.6) is 0 Å². The summed E-state index contributed by atoms with van der Waals surface area (Å²) in [5.74, 6) is -0.0419. The minimum absolute atomic E-state index is 0.0419. The first kappa shape index (κ1) is 16.3. The molecule has 1 fully saturated rings. The first-order valence-corrected chi connectivity index (χ1v) is 8.29. The molecule has 1 amide bonds. The first-order valence-electron chi connectivity index (χ1n) is 8.29. The van der Waals surface area contributed by atoms with Crippen molar-refractivity contribution in [3.05, 3.63) is 54.1 Å². The molecule has 7 nitrogen and oxygen atoms in total. The molecule has 26 heavy (non-hydrogen) atoms. The summed E-state index contributed by atoms with van der Waals surface area (Å²) < 4.78 is 5.31. The number of aromatic nitrogens is 3. The van der Waals surface area contributed by atoms with Crippen molar-refractivity contribution in [1.82, 2.24) is 19.9 Å². The van der Waals surface area contributed by atoms with E-state index in [-0.39, 0.29) is 5.91 Å². The summed E-state index contributed by atoms with van der Waals surface area (Å²) in [6.07, 6.45) is 5.50. The molecule has 0 N–H and O–H groups in total. The third kappa shape index (κ3) is 3.04. The molecule has 0 radical (unpaired) electrons. The Balaban J connectivity index is 1.84. The zero-order chi connectivity index (χ0) is 17.9. The van der Waals surface area contributed by atoms with E-state index < -0.39 is 0 Å². The molecule has 7 heteroatoms. The third-order valence-corrected chi connectivity index (χ3v) is 4.33. The fraction of sp³-hybridized carbons (Fsp3) is 0.211. The Morgan fingerprint density at radius 1 is 1.15 bits per heavy atom. The van der Waals surface area contributed by atoms with Gasteiger partial charge in [0, 0.05) is 42.0 Å². The smallest absolute Gasteiger partial charge is 0.254 e. The molecule has 0 bridgehead atoms. The molecule has 0 atom stereocenters. The summed E-state index contributed by atoms with van der Waals surface area (Å²) in [5, 5.41) is 0.759. The number of rotatable bonds is 3. The number of hydrogen-bond acceptors (Lipinski definition) is 6. The predicted octanol–water partition coefficient (Wildman–Crippen LogP) is 1.98. The zero-order valence-corrected chi connectivity index (χ0v) is 14.0. The molecule has 0 aliphatic carbocycles. The van der Waals surface area contributed by atoms with E-state index >= 15 is 0 Å². The van der Waals surface area contributed by atoms with Crippen LogP contribution >= 0.6 is 0 Å². The van der Waals surface area contributed by atoms with Gasteiger partial charge >= 0.3 is 0 Å². The van der Waals surface area contributed by atoms with Crippen LogP contribution in [0.4, 0.5) is 0 Å². The zero-order valence-electron chi connectivity index (χ0n) is 14.0. The molecule has 0 unspecified atom stereocenters. The first-order chi connectivity index (χ1) is 12.8. The molecule has 2 aromatic heterocycles. The van der Waals surface area contributed by atoms with Crippen molar-refractivity contribution in [2.45, 2.75) is 0 Å². The monoisotopic (exact) mass is 348 g/mol. The summed E-state index contributed by atoms with van der Waals surface area (Å²) in [6.45, 7) is 2.26. The number of fused-ring (bicyclic) bond motifs is 1. The molecular weight excluding hydrogens is 332 g/mol. The van der Waals surface area contributed by atoms with E-state index in [9.17, 15) is 9.59 Å². The lowest BCUT2D eigenvalue weighted by molar-refractivity contribution is 0.0303. The van der Waals surface area contributed by atoms with Gasteiger partial charge in [-0.2, -0.15) is 0 Å². The Morgan fingerprint density at radius 3 is 2.73 bits per heavy atom. The molecule has 1 saturated heterocycles. The highest BCUT2D eigenvalue weighted by molar-refractivity contribution is 6.02. The van der Waals surface area contributed by atoms with Gasteiger partial charge < -0.3 is 9.64 Å². The lowest BCUT2D eigenvalue weighted by Gasteiger charge is -2.27. The molecule has 3 heterocycles. The van der Waals surface area contributed by atoms with Crippen LogP contribution < -0.4 is 0 Å². The van der Waals surface area contributed by atoms with E-state index in [0.717, 1.165) is 10.9 Å². The maximum absolute atomic E-state index is 12.8. The van der Waals surface area contributed by atoms with Crippen molar-refractivity contribution in [1.29, 1.82) is 0 Å². The predicted molar refractivity (Wildman–Crippen MR) is 94.9 cm³/mol. The highest BCUT2D eigenvalue weighted by Crippen LogP contribution is 2.28. The van der Waals surface area contributed by atoms with Crippen molar-refractivity contribution in [2.75, 3.05) is 26.3 Å². The van der Waals surface area contributed by atoms with Crippen LogP contribution in [0.3, 0.4) is 0 Å². The number of benzene rings is 1. The lowest BCUT2D eigenvalue weighted by Crippen LogP contribution is -2.40. The number of nitrogens with zero attached hydrogens (tertiary/aromatic N) is 4. The number of carbonyl (C=O) groups excluding carboxylic acids is 2. The van der Waals surface area contributed by atoms with Gasteiger partial charge in [-0.05, 0) is 24.3 Å². The minimum atomic E-state index is -0.0419. The highest BCUT2D eigenvalue weighted by Gasteiger charge is 2.19. The molecule has 3 aromatic rings. The van der Waals surface area contributed by atoms with Gasteiger partial charge in [0.15, 0.2) is 6.29 Å². The molecule has 1 aromatic carbocycles. The lowest BCUT2D eigenvalue weighted by atomic mass is 10.0. The largest absolute Gasteiger partial charge is 0.378 e. The van der Waals surface area contributed by atoms with E-state index in [4.69, 9.17) is 4.74 Å². The number of amides is 1. The Labute approximate surface area is 149 Å². The van der Waals surface area contributed by atoms with Crippen molar-refractivity contribution in [3.8, 4) is 11.3 Å². The maximum Gasteiger partial charge on any atom is 0.254 e. The molecule has 4 rings (SSSR count). The Morgan fingerprint density at radius 2 is 2.00 bits per heavy atom. The quantitative estimate of drug-likeness (QED) is 0.673. The minimum Gasteiger partial charge on any atom is -0.378 e. The fourth-order valence-electron chi connectivity index (χ4n) is 3.04. The maximum atomic E-state index is 12.8. The summed E-state index contributed by atoms with van der Waals surface area (Å²) in [6, 6.07) is 6.97. The van der Waals surface area contributed by atoms with Crippen LogP contribution in [0.2, 0.25) is 0 Å². The second-order valence-corrected chi connectivity index (χ2v) is 5.94. The average Bonchev–Trinajstić information content (AvgIpc) is 2.73. The number of ether oxygens (including phenoxy) is 1. The van der Waals surface area contributed by atoms with E-state index in [1.54, 1.807) is 47.8 Å². The van der Waals surface area contributed by atoms with Gasteiger partial charge in [-0.25, -0.2) is 4.98 Å². The topological polar surface area (TPSA) is 85.3 Å². The van der Waals surface area contributed by atoms with Gasteiger partial charge in [0.25, 0.3) is 5.91 Å². The fourth-order valence-corrected chi connectivity index (χ4v) is 3.04. The van der Waals surface area contributed by atoms with Gasteiger partial charge in [0.2, 0.25) is 0 Å². The highest BCUT2D eigenvalue weighted by atomic mass is 16.5. The van der Waals surface area contributed by atoms with E-state index in [1.165, 1.54) is 0 Å². The molecule has 0 spiro atoms. The van der Waals surface area contributed by atoms with Crippen LogP contribution in [-0.2, 0) is 4.74 Å². The number of hydrogen-bond donors (Lipinski definition) is 0. The van der Waals surface area contributed by atoms with Gasteiger partial charge in [0.1, 0.15) is 5.69 Å². The summed E-state index contributed by atoms with van der Waals surface area (Å²) >= 11 is 0. The van der Waals surface area contributed by atoms with Crippen molar-refractivity contribution < 1.29 is 14.3 Å². The second-order valence-electron chi connectivity index (χ2n) is 5.94. The SMILES string of the molecule is O=Cc1cc(-c2cnccn2)c2cc(C(=O)N3CCOCC3)ccc2n1. The summed E-state index contributed by atoms with van der Waals surface area (Å²) in [5.41, 5.74) is 2.87. The van der Waals surface area contributed by atoms with E-state index in [2.05, 4.69) is 15.0 Å². The van der Waals surface area contributed by atoms with Gasteiger partial charge in [-0.3, -0.25) is 19.6 Å². The average molecular weight is 348 g/mol. The Kier molecular flexibility index (Phi) is 4.37. The molecule has 0 saturated carbocycles. The van der Waals surface area contributed by atoms with Gasteiger partial charge in [0.05, 0.1) is 30.6 Å². The van der Waals surface area contributed by atoms with Crippen molar-refractivity contribution >= 4 is 23.1 Å². The van der Waals surface area contributed by atoms with E-state index in [0.29, 0.717) is 55.1 Å². The summed E-state index contributed by atoms with van der Waals surface area (Å²) in [4.78, 5) is 38.5. The van der Waals surface area contributed by atoms with Crippen LogP contribution in [-0.4, -0.2) is 58.3 Å². The molecule has 1 aliphatic rings. The normalized spacial score (nSPS) is 14.4. The van der Waals surface area contributed by atoms with E-state index in [1.807, 2.05) is 0 Å². The Bertz CT molecular complexity index is 969. The van der Waals surface area contributed by atoms with Crippen LogP contribution in [0.1, 0.15) is 20.8 Å².